The minimum absolute atomic E-state index is 0.0694. The minimum Gasteiger partial charge on any atom is -0.384 e. The minimum atomic E-state index is -0.648. The SMILES string of the molecule is Cn1c(=O)c(Cc2ccc(C(=N)N)cn2)nc2cc(C3(NN4C(=O)OC(=O)C4C4CCCC4)CC3)ccc21. The van der Waals surface area contributed by atoms with Gasteiger partial charge < -0.3 is 15.0 Å². The van der Waals surface area contributed by atoms with Crippen molar-refractivity contribution in [1.82, 2.24) is 25.0 Å². The molecule has 1 saturated heterocycles. The third-order valence-corrected chi connectivity index (χ3v) is 8.02. The number of aromatic nitrogens is 3. The summed E-state index contributed by atoms with van der Waals surface area (Å²) in [5.74, 6) is -0.444. The van der Waals surface area contributed by atoms with Crippen molar-refractivity contribution in [2.75, 3.05) is 0 Å². The first-order valence-electron chi connectivity index (χ1n) is 12.9. The summed E-state index contributed by atoms with van der Waals surface area (Å²) < 4.78 is 6.59. The molecular formula is C27H29N7O4. The molecule has 0 spiro atoms. The Morgan fingerprint density at radius 1 is 1.18 bits per heavy atom. The van der Waals surface area contributed by atoms with Crippen molar-refractivity contribution in [1.29, 1.82) is 5.41 Å². The molecule has 1 aliphatic heterocycles. The molecule has 3 heterocycles. The largest absolute Gasteiger partial charge is 0.432 e. The molecule has 1 amide bonds. The fourth-order valence-corrected chi connectivity index (χ4v) is 5.69. The van der Waals surface area contributed by atoms with Gasteiger partial charge in [-0.05, 0) is 61.4 Å². The maximum Gasteiger partial charge on any atom is 0.432 e. The Bertz CT molecular complexity index is 1520. The van der Waals surface area contributed by atoms with Crippen LogP contribution in [0.25, 0.3) is 11.0 Å². The van der Waals surface area contributed by atoms with E-state index in [1.165, 1.54) is 11.2 Å². The zero-order valence-electron chi connectivity index (χ0n) is 21.1. The molecule has 2 aromatic heterocycles. The summed E-state index contributed by atoms with van der Waals surface area (Å²) in [5.41, 5.74) is 11.9. The lowest BCUT2D eigenvalue weighted by Crippen LogP contribution is -2.52. The maximum atomic E-state index is 13.0. The van der Waals surface area contributed by atoms with Crippen molar-refractivity contribution in [2.24, 2.45) is 18.7 Å². The number of nitrogen functional groups attached to an aromatic ring is 1. The van der Waals surface area contributed by atoms with E-state index >= 15 is 0 Å². The Hall–Kier alpha value is -4.12. The first kappa shape index (κ1) is 24.2. The fourth-order valence-electron chi connectivity index (χ4n) is 5.69. The molecule has 0 bridgehead atoms. The Morgan fingerprint density at radius 2 is 1.95 bits per heavy atom. The predicted molar refractivity (Wildman–Crippen MR) is 138 cm³/mol. The molecule has 11 nitrogen and oxygen atoms in total. The van der Waals surface area contributed by atoms with Crippen LogP contribution in [0.15, 0.2) is 41.3 Å². The van der Waals surface area contributed by atoms with Gasteiger partial charge in [-0.15, -0.1) is 0 Å². The molecule has 3 aromatic rings. The number of ether oxygens (including phenoxy) is 1. The van der Waals surface area contributed by atoms with E-state index in [4.69, 9.17) is 20.9 Å². The molecular weight excluding hydrogens is 486 g/mol. The number of rotatable bonds is 7. The van der Waals surface area contributed by atoms with Crippen LogP contribution in [0.3, 0.4) is 0 Å². The lowest BCUT2D eigenvalue weighted by atomic mass is 9.98. The van der Waals surface area contributed by atoms with Gasteiger partial charge in [0.05, 0.1) is 16.6 Å². The smallest absolute Gasteiger partial charge is 0.384 e. The number of hydrogen-bond donors (Lipinski definition) is 3. The van der Waals surface area contributed by atoms with Crippen LogP contribution in [0, 0.1) is 11.3 Å². The highest BCUT2D eigenvalue weighted by Crippen LogP contribution is 2.47. The molecule has 196 valence electrons. The normalized spacial score (nSPS) is 20.8. The molecule has 11 heteroatoms. The van der Waals surface area contributed by atoms with Crippen LogP contribution in [0.4, 0.5) is 4.79 Å². The number of hydrogen-bond acceptors (Lipinski definition) is 8. The van der Waals surface area contributed by atoms with E-state index in [1.54, 1.807) is 23.7 Å². The van der Waals surface area contributed by atoms with Gasteiger partial charge >= 0.3 is 12.1 Å². The third kappa shape index (κ3) is 4.12. The predicted octanol–water partition coefficient (Wildman–Crippen LogP) is 2.23. The summed E-state index contributed by atoms with van der Waals surface area (Å²) in [7, 11) is 1.71. The van der Waals surface area contributed by atoms with Crippen molar-refractivity contribution in [3.63, 3.8) is 0 Å². The molecule has 4 N–H and O–H groups in total. The second-order valence-corrected chi connectivity index (χ2v) is 10.5. The van der Waals surface area contributed by atoms with Crippen LogP contribution >= 0.6 is 0 Å². The Kier molecular flexibility index (Phi) is 5.75. The average molecular weight is 516 g/mol. The number of amides is 1. The lowest BCUT2D eigenvalue weighted by molar-refractivity contribution is -0.137. The average Bonchev–Trinajstić information content (AvgIpc) is 3.38. The topological polar surface area (TPSA) is 156 Å². The van der Waals surface area contributed by atoms with E-state index in [9.17, 15) is 14.4 Å². The van der Waals surface area contributed by atoms with Gasteiger partial charge in [0, 0.05) is 30.9 Å². The van der Waals surface area contributed by atoms with Crippen molar-refractivity contribution >= 4 is 28.9 Å². The van der Waals surface area contributed by atoms with E-state index in [1.807, 2.05) is 18.2 Å². The summed E-state index contributed by atoms with van der Waals surface area (Å²) in [4.78, 5) is 47.2. The zero-order chi connectivity index (χ0) is 26.6. The molecule has 0 radical (unpaired) electrons. The number of carbonyl (C=O) groups is 2. The zero-order valence-corrected chi connectivity index (χ0v) is 21.1. The van der Waals surface area contributed by atoms with E-state index in [2.05, 4.69) is 10.4 Å². The first-order chi connectivity index (χ1) is 18.3. The Morgan fingerprint density at radius 3 is 2.61 bits per heavy atom. The monoisotopic (exact) mass is 515 g/mol. The van der Waals surface area contributed by atoms with Crippen LogP contribution in [0.5, 0.6) is 0 Å². The van der Waals surface area contributed by atoms with Gasteiger partial charge in [0.25, 0.3) is 5.56 Å². The molecule has 1 unspecified atom stereocenters. The maximum absolute atomic E-state index is 13.0. The molecule has 6 rings (SSSR count). The summed E-state index contributed by atoms with van der Waals surface area (Å²) in [6.07, 6.45) is 6.59. The second-order valence-electron chi connectivity index (χ2n) is 10.5. The number of fused-ring (bicyclic) bond motifs is 1. The molecule has 2 saturated carbocycles. The number of amidine groups is 1. The van der Waals surface area contributed by atoms with Crippen molar-refractivity contribution in [2.45, 2.75) is 56.5 Å². The number of hydrazine groups is 1. The van der Waals surface area contributed by atoms with Crippen molar-refractivity contribution < 1.29 is 14.3 Å². The van der Waals surface area contributed by atoms with Gasteiger partial charge in [-0.25, -0.2) is 25.0 Å². The number of nitrogens with two attached hydrogens (primary N) is 1. The first-order valence-corrected chi connectivity index (χ1v) is 12.9. The van der Waals surface area contributed by atoms with E-state index in [0.29, 0.717) is 28.0 Å². The molecule has 1 atom stereocenters. The van der Waals surface area contributed by atoms with Crippen LogP contribution in [-0.4, -0.2) is 43.5 Å². The van der Waals surface area contributed by atoms with Gasteiger partial charge in [0.15, 0.2) is 6.04 Å². The summed E-state index contributed by atoms with van der Waals surface area (Å²) in [5, 5.41) is 8.93. The molecule has 3 aliphatic rings. The highest BCUT2D eigenvalue weighted by Gasteiger charge is 2.53. The number of pyridine rings is 1. The number of esters is 1. The van der Waals surface area contributed by atoms with E-state index < -0.39 is 23.6 Å². The van der Waals surface area contributed by atoms with Crippen LogP contribution in [0.1, 0.15) is 61.0 Å². The van der Waals surface area contributed by atoms with Crippen LogP contribution in [-0.2, 0) is 28.5 Å². The summed E-state index contributed by atoms with van der Waals surface area (Å²) in [6.45, 7) is 0. The van der Waals surface area contributed by atoms with Gasteiger partial charge in [0.2, 0.25) is 0 Å². The highest BCUT2D eigenvalue weighted by molar-refractivity contribution is 5.95. The number of nitrogens with one attached hydrogen (secondary N) is 2. The molecule has 38 heavy (non-hydrogen) atoms. The van der Waals surface area contributed by atoms with Crippen LogP contribution in [0.2, 0.25) is 0 Å². The highest BCUT2D eigenvalue weighted by atomic mass is 16.6. The number of benzene rings is 1. The summed E-state index contributed by atoms with van der Waals surface area (Å²) in [6, 6.07) is 8.59. The van der Waals surface area contributed by atoms with Crippen molar-refractivity contribution in [3.8, 4) is 0 Å². The lowest BCUT2D eigenvalue weighted by Gasteiger charge is -2.30. The quantitative estimate of drug-likeness (QED) is 0.187. The second kappa shape index (κ2) is 9.02. The number of nitrogens with zero attached hydrogens (tertiary/aromatic N) is 4. The third-order valence-electron chi connectivity index (χ3n) is 8.02. The standard InChI is InChI=1S/C27H29N7O4/c1-33-21-9-7-17(12-19(21)31-20(24(33)35)13-18-8-6-16(14-30-18)23(28)29)27(10-11-27)32-34-22(15-4-2-3-5-15)25(36)38-26(34)37/h6-9,12,14-15,22,32H,2-5,10-11,13H2,1H3,(H3,28,29). The van der Waals surface area contributed by atoms with Gasteiger partial charge in [-0.1, -0.05) is 18.9 Å². The molecule has 3 fully saturated rings. The number of carbonyl (C=O) groups excluding carboxylic acids is 2. The Balaban J connectivity index is 1.30. The summed E-state index contributed by atoms with van der Waals surface area (Å²) >= 11 is 0. The van der Waals surface area contributed by atoms with Gasteiger partial charge in [-0.2, -0.15) is 0 Å². The number of cyclic esters (lactones) is 2. The molecule has 2 aliphatic carbocycles. The van der Waals surface area contributed by atoms with Gasteiger partial charge in [0.1, 0.15) is 11.5 Å². The fraction of sp³-hybridized carbons (Fsp3) is 0.407. The van der Waals surface area contributed by atoms with E-state index in [0.717, 1.165) is 44.1 Å². The van der Waals surface area contributed by atoms with E-state index in [-0.39, 0.29) is 23.7 Å². The van der Waals surface area contributed by atoms with Crippen LogP contribution < -0.4 is 16.7 Å². The van der Waals surface area contributed by atoms with Gasteiger partial charge in [-0.3, -0.25) is 15.2 Å². The Labute approximate surface area is 218 Å². The molecule has 1 aromatic carbocycles. The number of aryl methyl sites for hydroxylation is 1. The van der Waals surface area contributed by atoms with Crippen molar-refractivity contribution in [3.05, 3.63) is 69.4 Å².